The van der Waals surface area contributed by atoms with Gasteiger partial charge in [-0.25, -0.2) is 8.42 Å². The van der Waals surface area contributed by atoms with Crippen molar-refractivity contribution >= 4 is 50.3 Å². The van der Waals surface area contributed by atoms with Crippen LogP contribution < -0.4 is 19.7 Å². The molecular weight excluding hydrogens is 554 g/mol. The molecule has 2 N–H and O–H groups in total. The average molecular weight is 582 g/mol. The number of aryl methyl sites for hydroxylation is 1. The highest BCUT2D eigenvalue weighted by Gasteiger charge is 2.42. The standard InChI is InChI=1S/C28H28ClN5O3S2/c1-17-15-22(18(2)33(17)20-10-8-19(29)9-11-20)27-26(23-7-5-6-14-30-23)31-28(38)34(27)21-12-13-25(37-3)24(16-21)32-39(4,35)36/h5-16,26-27,32H,1-4H3,(H,31,38)/t26-,27-/m0/s1. The molecule has 1 saturated heterocycles. The van der Waals surface area contributed by atoms with E-state index in [4.69, 9.17) is 28.6 Å². The molecule has 2 atom stereocenters. The second kappa shape index (κ2) is 10.5. The van der Waals surface area contributed by atoms with E-state index in [-0.39, 0.29) is 12.1 Å². The van der Waals surface area contributed by atoms with Gasteiger partial charge in [0.25, 0.3) is 0 Å². The van der Waals surface area contributed by atoms with E-state index in [1.54, 1.807) is 18.3 Å². The number of nitrogens with zero attached hydrogens (tertiary/aromatic N) is 3. The van der Waals surface area contributed by atoms with Crippen LogP contribution >= 0.6 is 23.8 Å². The minimum atomic E-state index is -3.55. The lowest BCUT2D eigenvalue weighted by Gasteiger charge is -2.29. The molecule has 3 heterocycles. The van der Waals surface area contributed by atoms with Crippen molar-refractivity contribution < 1.29 is 13.2 Å². The predicted octanol–water partition coefficient (Wildman–Crippen LogP) is 5.70. The highest BCUT2D eigenvalue weighted by molar-refractivity contribution is 7.92. The van der Waals surface area contributed by atoms with Crippen LogP contribution in [-0.2, 0) is 10.0 Å². The molecule has 0 aliphatic carbocycles. The van der Waals surface area contributed by atoms with Crippen molar-refractivity contribution in [2.45, 2.75) is 25.9 Å². The van der Waals surface area contributed by atoms with Crippen LogP contribution in [0.3, 0.4) is 0 Å². The Morgan fingerprint density at radius 3 is 2.41 bits per heavy atom. The predicted molar refractivity (Wildman–Crippen MR) is 160 cm³/mol. The first-order valence-corrected chi connectivity index (χ1v) is 14.9. The van der Waals surface area contributed by atoms with Gasteiger partial charge in [-0.05, 0) is 92.3 Å². The van der Waals surface area contributed by atoms with E-state index in [2.05, 4.69) is 39.5 Å². The maximum atomic E-state index is 12.1. The third-order valence-electron chi connectivity index (χ3n) is 6.73. The molecule has 11 heteroatoms. The molecule has 4 aromatic rings. The van der Waals surface area contributed by atoms with E-state index < -0.39 is 10.0 Å². The summed E-state index contributed by atoms with van der Waals surface area (Å²) in [6.07, 6.45) is 2.87. The van der Waals surface area contributed by atoms with E-state index >= 15 is 0 Å². The topological polar surface area (TPSA) is 88.5 Å². The van der Waals surface area contributed by atoms with Crippen LogP contribution in [0, 0.1) is 13.8 Å². The summed E-state index contributed by atoms with van der Waals surface area (Å²) in [4.78, 5) is 6.65. The number of nitrogens with one attached hydrogen (secondary N) is 2. The Morgan fingerprint density at radius 2 is 1.77 bits per heavy atom. The van der Waals surface area contributed by atoms with Gasteiger partial charge in [-0.15, -0.1) is 0 Å². The van der Waals surface area contributed by atoms with Gasteiger partial charge >= 0.3 is 0 Å². The third-order valence-corrected chi connectivity index (χ3v) is 7.89. The van der Waals surface area contributed by atoms with Crippen LogP contribution in [0.4, 0.5) is 11.4 Å². The molecule has 2 aromatic heterocycles. The Bertz CT molecular complexity index is 1640. The molecule has 0 bridgehead atoms. The number of methoxy groups -OCH3 is 1. The molecule has 39 heavy (non-hydrogen) atoms. The summed E-state index contributed by atoms with van der Waals surface area (Å²) < 4.78 is 34.3. The third kappa shape index (κ3) is 5.32. The molecule has 0 amide bonds. The van der Waals surface area contributed by atoms with Crippen molar-refractivity contribution in [2.24, 2.45) is 0 Å². The summed E-state index contributed by atoms with van der Waals surface area (Å²) in [5.41, 5.74) is 6.02. The van der Waals surface area contributed by atoms with Gasteiger partial charge in [-0.2, -0.15) is 0 Å². The molecule has 1 aliphatic rings. The highest BCUT2D eigenvalue weighted by Crippen LogP contribution is 2.45. The number of thiocarbonyl (C=S) groups is 1. The number of pyridine rings is 1. The molecule has 2 aromatic carbocycles. The Hall–Kier alpha value is -3.60. The van der Waals surface area contributed by atoms with Gasteiger partial charge in [-0.1, -0.05) is 17.7 Å². The van der Waals surface area contributed by atoms with Crippen LogP contribution in [0.25, 0.3) is 5.69 Å². The van der Waals surface area contributed by atoms with Crippen LogP contribution in [-0.4, -0.2) is 36.4 Å². The minimum absolute atomic E-state index is 0.258. The van der Waals surface area contributed by atoms with Crippen molar-refractivity contribution in [1.82, 2.24) is 14.9 Å². The first kappa shape index (κ1) is 27.0. The van der Waals surface area contributed by atoms with E-state index in [1.807, 2.05) is 53.4 Å². The number of anilines is 2. The largest absolute Gasteiger partial charge is 0.495 e. The van der Waals surface area contributed by atoms with Gasteiger partial charge in [0.1, 0.15) is 5.75 Å². The smallest absolute Gasteiger partial charge is 0.229 e. The van der Waals surface area contributed by atoms with Crippen molar-refractivity contribution in [3.8, 4) is 11.4 Å². The van der Waals surface area contributed by atoms with Crippen LogP contribution in [0.15, 0.2) is 72.9 Å². The molecule has 1 aliphatic heterocycles. The number of rotatable bonds is 7. The van der Waals surface area contributed by atoms with Gasteiger partial charge in [0.15, 0.2) is 5.11 Å². The maximum absolute atomic E-state index is 12.1. The normalized spacial score (nSPS) is 17.3. The fraction of sp³-hybridized carbons (Fsp3) is 0.214. The van der Waals surface area contributed by atoms with Crippen molar-refractivity contribution in [3.63, 3.8) is 0 Å². The molecule has 202 valence electrons. The number of benzene rings is 2. The summed E-state index contributed by atoms with van der Waals surface area (Å²) in [5, 5.41) is 4.64. The Morgan fingerprint density at radius 1 is 1.05 bits per heavy atom. The van der Waals surface area contributed by atoms with Gasteiger partial charge in [0.05, 0.1) is 36.8 Å². The number of halogens is 1. The SMILES string of the molecule is COc1ccc(N2C(=S)N[C@@H](c3ccccn3)[C@@H]2c2cc(C)n(-c3ccc(Cl)cc3)c2C)cc1NS(C)(=O)=O. The van der Waals surface area contributed by atoms with Gasteiger partial charge < -0.3 is 19.5 Å². The molecular formula is C28H28ClN5O3S2. The highest BCUT2D eigenvalue weighted by atomic mass is 35.5. The number of ether oxygens (including phenoxy) is 1. The molecule has 0 spiro atoms. The van der Waals surface area contributed by atoms with E-state index in [9.17, 15) is 8.42 Å². The molecule has 1 fully saturated rings. The first-order chi connectivity index (χ1) is 18.6. The van der Waals surface area contributed by atoms with Gasteiger partial charge in [0.2, 0.25) is 10.0 Å². The Balaban J connectivity index is 1.68. The zero-order valence-corrected chi connectivity index (χ0v) is 24.2. The van der Waals surface area contributed by atoms with E-state index in [0.29, 0.717) is 27.3 Å². The van der Waals surface area contributed by atoms with Crippen LogP contribution in [0.2, 0.25) is 5.02 Å². The molecule has 8 nitrogen and oxygen atoms in total. The van der Waals surface area contributed by atoms with Gasteiger partial charge in [-0.3, -0.25) is 9.71 Å². The molecule has 0 unspecified atom stereocenters. The summed E-state index contributed by atoms with van der Waals surface area (Å²) in [5.74, 6) is 0.404. The van der Waals surface area contributed by atoms with E-state index in [0.717, 1.165) is 34.6 Å². The van der Waals surface area contributed by atoms with Crippen LogP contribution in [0.1, 0.15) is 34.7 Å². The zero-order chi connectivity index (χ0) is 27.9. The number of sulfonamides is 1. The number of hydrogen-bond acceptors (Lipinski definition) is 5. The lowest BCUT2D eigenvalue weighted by Crippen LogP contribution is -2.29. The average Bonchev–Trinajstić information content (AvgIpc) is 3.39. The van der Waals surface area contributed by atoms with Crippen molar-refractivity contribution in [3.05, 3.63) is 101 Å². The maximum Gasteiger partial charge on any atom is 0.229 e. The minimum Gasteiger partial charge on any atom is -0.495 e. The summed E-state index contributed by atoms with van der Waals surface area (Å²) in [6.45, 7) is 4.14. The second-order valence-corrected chi connectivity index (χ2v) is 12.0. The lowest BCUT2D eigenvalue weighted by molar-refractivity contribution is 0.417. The summed E-state index contributed by atoms with van der Waals surface area (Å²) in [6, 6.07) is 20.5. The molecule has 0 saturated carbocycles. The number of aromatic nitrogens is 2. The molecule has 0 radical (unpaired) electrons. The lowest BCUT2D eigenvalue weighted by atomic mass is 9.96. The number of hydrogen-bond donors (Lipinski definition) is 2. The Labute approximate surface area is 238 Å². The Kier molecular flexibility index (Phi) is 7.28. The van der Waals surface area contributed by atoms with Crippen LogP contribution in [0.5, 0.6) is 5.75 Å². The first-order valence-electron chi connectivity index (χ1n) is 12.2. The fourth-order valence-electron chi connectivity index (χ4n) is 5.15. The summed E-state index contributed by atoms with van der Waals surface area (Å²) >= 11 is 12.0. The van der Waals surface area contributed by atoms with Crippen molar-refractivity contribution in [1.29, 1.82) is 0 Å². The fourth-order valence-corrected chi connectivity index (χ4v) is 6.18. The monoisotopic (exact) mass is 581 g/mol. The quantitative estimate of drug-likeness (QED) is 0.271. The van der Waals surface area contributed by atoms with Gasteiger partial charge in [0, 0.05) is 34.0 Å². The van der Waals surface area contributed by atoms with Crippen molar-refractivity contribution in [2.75, 3.05) is 23.0 Å². The zero-order valence-electron chi connectivity index (χ0n) is 21.8. The second-order valence-electron chi connectivity index (χ2n) is 9.39. The van der Waals surface area contributed by atoms with E-state index in [1.165, 1.54) is 7.11 Å². The summed E-state index contributed by atoms with van der Waals surface area (Å²) in [7, 11) is -2.05. The molecule has 5 rings (SSSR count).